The van der Waals surface area contributed by atoms with E-state index < -0.39 is 28.6 Å². The highest BCUT2D eigenvalue weighted by Crippen LogP contribution is 2.36. The lowest BCUT2D eigenvalue weighted by Crippen LogP contribution is -2.23. The predicted molar refractivity (Wildman–Crippen MR) is 103 cm³/mol. The first-order valence-corrected chi connectivity index (χ1v) is 9.68. The standard InChI is InChI=1S/C18H15F2N5O3S/c19-12-3-1-10(2-4-12)5-6-21-18-22-8-11-7-13(26)17(15(20)16(11)23-18)25-9-14(27)24-29(25)28/h1-4,7-8,26H,5-6,9H2,(H,24,27)(H,21,22,23). The molecular formula is C18H15F2N5O3S. The minimum absolute atomic E-state index is 0.0894. The second-order valence-corrected chi connectivity index (χ2v) is 7.45. The first-order valence-electron chi connectivity index (χ1n) is 8.58. The summed E-state index contributed by atoms with van der Waals surface area (Å²) in [6, 6.07) is 7.31. The number of rotatable bonds is 5. The van der Waals surface area contributed by atoms with Gasteiger partial charge in [-0.05, 0) is 30.2 Å². The molecule has 1 amide bonds. The number of hydrogen-bond acceptors (Lipinski definition) is 6. The molecule has 1 aromatic heterocycles. The van der Waals surface area contributed by atoms with Crippen LogP contribution in [0.1, 0.15) is 5.56 Å². The Hall–Kier alpha value is -3.34. The number of fused-ring (bicyclic) bond motifs is 1. The predicted octanol–water partition coefficient (Wildman–Crippen LogP) is 1.78. The van der Waals surface area contributed by atoms with Gasteiger partial charge in [0.25, 0.3) is 5.91 Å². The normalized spacial score (nSPS) is 16.3. The van der Waals surface area contributed by atoms with Crippen molar-refractivity contribution in [3.05, 3.63) is 53.7 Å². The quantitative estimate of drug-likeness (QED) is 0.582. The number of carbonyl (C=O) groups excluding carboxylic acids is 1. The van der Waals surface area contributed by atoms with Crippen molar-refractivity contribution in [1.29, 1.82) is 0 Å². The third-order valence-corrected chi connectivity index (χ3v) is 5.43. The summed E-state index contributed by atoms with van der Waals surface area (Å²) in [5.41, 5.74) is 0.449. The Labute approximate surface area is 166 Å². The number of aromatic nitrogens is 2. The molecule has 1 aliphatic heterocycles. The number of nitrogens with zero attached hydrogens (tertiary/aromatic N) is 3. The Morgan fingerprint density at radius 1 is 1.28 bits per heavy atom. The molecule has 3 N–H and O–H groups in total. The molecule has 4 rings (SSSR count). The van der Waals surface area contributed by atoms with Crippen molar-refractivity contribution in [2.75, 3.05) is 22.7 Å². The maximum absolute atomic E-state index is 15.1. The fraction of sp³-hybridized carbons (Fsp3) is 0.167. The van der Waals surface area contributed by atoms with Gasteiger partial charge < -0.3 is 10.4 Å². The molecule has 3 aromatic rings. The van der Waals surface area contributed by atoms with Crippen molar-refractivity contribution in [1.82, 2.24) is 14.7 Å². The van der Waals surface area contributed by atoms with E-state index >= 15 is 4.39 Å². The molecule has 2 heterocycles. The van der Waals surface area contributed by atoms with E-state index in [4.69, 9.17) is 0 Å². The molecular weight excluding hydrogens is 404 g/mol. The number of halogens is 2. The zero-order valence-electron chi connectivity index (χ0n) is 14.9. The lowest BCUT2D eigenvalue weighted by Gasteiger charge is -2.17. The van der Waals surface area contributed by atoms with Crippen LogP contribution in [0.4, 0.5) is 20.4 Å². The number of hydrogen-bond donors (Lipinski definition) is 3. The van der Waals surface area contributed by atoms with Gasteiger partial charge in [0.15, 0.2) is 5.82 Å². The molecule has 1 saturated heterocycles. The third kappa shape index (κ3) is 3.81. The number of benzene rings is 2. The van der Waals surface area contributed by atoms with Gasteiger partial charge in [0, 0.05) is 18.1 Å². The van der Waals surface area contributed by atoms with Crippen LogP contribution < -0.4 is 14.3 Å². The Balaban J connectivity index is 1.58. The SMILES string of the molecule is O=C1CN(c2c(O)cc3cnc(NCCc4ccc(F)cc4)nc3c2F)S(=O)N1. The maximum atomic E-state index is 15.1. The first-order chi connectivity index (χ1) is 13.9. The molecule has 0 radical (unpaired) electrons. The Kier molecular flexibility index (Phi) is 4.97. The second-order valence-electron chi connectivity index (χ2n) is 6.30. The maximum Gasteiger partial charge on any atom is 0.253 e. The van der Waals surface area contributed by atoms with Crippen molar-refractivity contribution in [2.45, 2.75) is 6.42 Å². The molecule has 1 aliphatic rings. The average Bonchev–Trinajstić information content (AvgIpc) is 3.01. The molecule has 0 bridgehead atoms. The van der Waals surface area contributed by atoms with Crippen LogP contribution >= 0.6 is 0 Å². The van der Waals surface area contributed by atoms with Gasteiger partial charge in [0.1, 0.15) is 29.3 Å². The van der Waals surface area contributed by atoms with Crippen LogP contribution in [0.3, 0.4) is 0 Å². The fourth-order valence-corrected chi connectivity index (χ4v) is 3.88. The highest BCUT2D eigenvalue weighted by molar-refractivity contribution is 7.85. The van der Waals surface area contributed by atoms with Crippen LogP contribution in [0, 0.1) is 11.6 Å². The van der Waals surface area contributed by atoms with E-state index in [-0.39, 0.29) is 34.9 Å². The first kappa shape index (κ1) is 19.0. The van der Waals surface area contributed by atoms with Gasteiger partial charge >= 0.3 is 0 Å². The van der Waals surface area contributed by atoms with Gasteiger partial charge in [-0.2, -0.15) is 0 Å². The number of anilines is 2. The molecule has 1 fully saturated rings. The Morgan fingerprint density at radius 3 is 2.72 bits per heavy atom. The zero-order chi connectivity index (χ0) is 20.5. The van der Waals surface area contributed by atoms with E-state index in [9.17, 15) is 18.5 Å². The van der Waals surface area contributed by atoms with E-state index in [1.165, 1.54) is 24.4 Å². The molecule has 150 valence electrons. The summed E-state index contributed by atoms with van der Waals surface area (Å²) >= 11 is -1.99. The zero-order valence-corrected chi connectivity index (χ0v) is 15.7. The van der Waals surface area contributed by atoms with Crippen LogP contribution in [-0.4, -0.2) is 38.3 Å². The summed E-state index contributed by atoms with van der Waals surface area (Å²) in [5, 5.41) is 13.4. The molecule has 0 saturated carbocycles. The van der Waals surface area contributed by atoms with Crippen molar-refractivity contribution in [2.24, 2.45) is 0 Å². The van der Waals surface area contributed by atoms with E-state index in [0.717, 1.165) is 9.87 Å². The van der Waals surface area contributed by atoms with E-state index in [2.05, 4.69) is 20.0 Å². The molecule has 29 heavy (non-hydrogen) atoms. The van der Waals surface area contributed by atoms with Crippen molar-refractivity contribution < 1.29 is 22.9 Å². The summed E-state index contributed by atoms with van der Waals surface area (Å²) in [6.07, 6.45) is 1.92. The Morgan fingerprint density at radius 2 is 2.03 bits per heavy atom. The average molecular weight is 419 g/mol. The van der Waals surface area contributed by atoms with Gasteiger partial charge in [-0.15, -0.1) is 0 Å². The molecule has 0 spiro atoms. The van der Waals surface area contributed by atoms with Crippen molar-refractivity contribution >= 4 is 39.6 Å². The topological polar surface area (TPSA) is 107 Å². The summed E-state index contributed by atoms with van der Waals surface area (Å²) in [7, 11) is 0. The molecule has 1 atom stereocenters. The molecule has 1 unspecified atom stereocenters. The number of aromatic hydroxyl groups is 1. The van der Waals surface area contributed by atoms with E-state index in [0.29, 0.717) is 13.0 Å². The highest BCUT2D eigenvalue weighted by Gasteiger charge is 2.32. The van der Waals surface area contributed by atoms with Gasteiger partial charge in [-0.25, -0.2) is 23.0 Å². The van der Waals surface area contributed by atoms with Gasteiger partial charge in [0.05, 0.1) is 0 Å². The van der Waals surface area contributed by atoms with Crippen molar-refractivity contribution in [3.63, 3.8) is 0 Å². The molecule has 2 aromatic carbocycles. The number of nitrogens with one attached hydrogen (secondary N) is 2. The van der Waals surface area contributed by atoms with Gasteiger partial charge in [0.2, 0.25) is 17.1 Å². The van der Waals surface area contributed by atoms with E-state index in [1.54, 1.807) is 12.1 Å². The summed E-state index contributed by atoms with van der Waals surface area (Å²) in [6.45, 7) is 0.0781. The lowest BCUT2D eigenvalue weighted by molar-refractivity contribution is -0.117. The van der Waals surface area contributed by atoms with Crippen LogP contribution in [0.5, 0.6) is 5.75 Å². The van der Waals surface area contributed by atoms with Gasteiger partial charge in [-0.1, -0.05) is 12.1 Å². The van der Waals surface area contributed by atoms with E-state index in [1.807, 2.05) is 0 Å². The second kappa shape index (κ2) is 7.59. The number of amides is 1. The highest BCUT2D eigenvalue weighted by atomic mass is 32.2. The number of phenols is 1. The van der Waals surface area contributed by atoms with Crippen molar-refractivity contribution in [3.8, 4) is 5.75 Å². The summed E-state index contributed by atoms with van der Waals surface area (Å²) in [4.78, 5) is 19.7. The minimum Gasteiger partial charge on any atom is -0.506 e. The Bertz CT molecular complexity index is 1130. The number of phenolic OH excluding ortho intramolecular Hbond substituents is 1. The summed E-state index contributed by atoms with van der Waals surface area (Å²) < 4.78 is 43.0. The molecule has 11 heteroatoms. The van der Waals surface area contributed by atoms with Gasteiger partial charge in [-0.3, -0.25) is 13.8 Å². The third-order valence-electron chi connectivity index (χ3n) is 4.32. The number of carbonyl (C=O) groups is 1. The smallest absolute Gasteiger partial charge is 0.253 e. The van der Waals surface area contributed by atoms with Crippen LogP contribution in [0.15, 0.2) is 36.5 Å². The lowest BCUT2D eigenvalue weighted by atomic mass is 10.1. The minimum atomic E-state index is -1.99. The molecule has 0 aliphatic carbocycles. The van der Waals surface area contributed by atoms with Crippen LogP contribution in [0.25, 0.3) is 10.9 Å². The fourth-order valence-electron chi connectivity index (χ4n) is 2.94. The largest absolute Gasteiger partial charge is 0.506 e. The molecule has 8 nitrogen and oxygen atoms in total. The van der Waals surface area contributed by atoms with Crippen LogP contribution in [0.2, 0.25) is 0 Å². The van der Waals surface area contributed by atoms with Crippen LogP contribution in [-0.2, 0) is 22.4 Å². The summed E-state index contributed by atoms with van der Waals surface area (Å²) in [5.74, 6) is -2.08. The monoisotopic (exact) mass is 419 g/mol.